The van der Waals surface area contributed by atoms with Crippen LogP contribution in [-0.4, -0.2) is 67.4 Å². The van der Waals surface area contributed by atoms with Crippen molar-refractivity contribution in [2.75, 3.05) is 27.4 Å². The van der Waals surface area contributed by atoms with Crippen LogP contribution in [0.25, 0.3) is 0 Å². The number of aliphatic hydroxyl groups excluding tert-OH is 3. The number of methoxy groups -OCH3 is 2. The summed E-state index contributed by atoms with van der Waals surface area (Å²) in [7, 11) is 2.83. The van der Waals surface area contributed by atoms with Gasteiger partial charge in [-0.15, -0.1) is 0 Å². The Labute approximate surface area is 184 Å². The van der Waals surface area contributed by atoms with E-state index in [9.17, 15) is 15.3 Å². The predicted molar refractivity (Wildman–Crippen MR) is 111 cm³/mol. The highest BCUT2D eigenvalue weighted by atomic mass is 35.5. The average molecular weight is 453 g/mol. The third-order valence-corrected chi connectivity index (χ3v) is 5.86. The maximum Gasteiger partial charge on any atom is 0.186 e. The van der Waals surface area contributed by atoms with Gasteiger partial charge in [0.15, 0.2) is 17.8 Å². The van der Waals surface area contributed by atoms with Crippen molar-refractivity contribution < 1.29 is 39.0 Å². The van der Waals surface area contributed by atoms with Gasteiger partial charge in [0.1, 0.15) is 43.4 Å². The van der Waals surface area contributed by atoms with Gasteiger partial charge in [0, 0.05) is 17.7 Å². The first kappa shape index (κ1) is 22.1. The molecule has 31 heavy (non-hydrogen) atoms. The highest BCUT2D eigenvalue weighted by Gasteiger charge is 2.45. The van der Waals surface area contributed by atoms with Crippen molar-refractivity contribution >= 4 is 11.6 Å². The molecule has 8 nitrogen and oxygen atoms in total. The first-order chi connectivity index (χ1) is 14.9. The molecule has 4 rings (SSSR count). The van der Waals surface area contributed by atoms with Crippen molar-refractivity contribution in [2.45, 2.75) is 37.1 Å². The van der Waals surface area contributed by atoms with Crippen LogP contribution in [0.5, 0.6) is 17.2 Å². The summed E-state index contributed by atoms with van der Waals surface area (Å²) in [5.41, 5.74) is 2.21. The smallest absolute Gasteiger partial charge is 0.186 e. The quantitative estimate of drug-likeness (QED) is 0.631. The molecule has 5 unspecified atom stereocenters. The first-order valence-corrected chi connectivity index (χ1v) is 10.3. The number of rotatable bonds is 5. The van der Waals surface area contributed by atoms with E-state index in [1.54, 1.807) is 12.1 Å². The number of benzene rings is 2. The Morgan fingerprint density at radius 3 is 2.42 bits per heavy atom. The van der Waals surface area contributed by atoms with Crippen molar-refractivity contribution in [1.29, 1.82) is 0 Å². The summed E-state index contributed by atoms with van der Waals surface area (Å²) < 4.78 is 27.5. The second-order valence-electron chi connectivity index (χ2n) is 7.47. The van der Waals surface area contributed by atoms with E-state index in [2.05, 4.69) is 0 Å². The number of hydrogen-bond donors (Lipinski definition) is 3. The Bertz CT molecular complexity index is 934. The molecule has 2 heterocycles. The zero-order valence-corrected chi connectivity index (χ0v) is 17.9. The summed E-state index contributed by atoms with van der Waals surface area (Å²) in [5.74, 6) is 1.77. The molecule has 5 atom stereocenters. The highest BCUT2D eigenvalue weighted by Crippen LogP contribution is 2.40. The number of ether oxygens (including phenoxy) is 5. The van der Waals surface area contributed by atoms with Crippen LogP contribution in [-0.2, 0) is 15.9 Å². The molecule has 2 aliphatic heterocycles. The van der Waals surface area contributed by atoms with Crippen LogP contribution in [0.1, 0.15) is 22.8 Å². The topological polar surface area (TPSA) is 107 Å². The van der Waals surface area contributed by atoms with Gasteiger partial charge >= 0.3 is 0 Å². The molecule has 168 valence electrons. The van der Waals surface area contributed by atoms with E-state index < -0.39 is 30.7 Å². The standard InChI is InChI=1S/C22H25ClO8/c1-27-16-10-14(23)12(7-11-3-4-15-17(8-11)30-6-5-29-15)9-13(16)21-19(25)18(24)20(26)22(28-2)31-21/h3-4,8-10,18-22,24-26H,5-7H2,1-2H3. The molecular weight excluding hydrogens is 428 g/mol. The molecule has 1 saturated heterocycles. The summed E-state index contributed by atoms with van der Waals surface area (Å²) >= 11 is 6.50. The Morgan fingerprint density at radius 2 is 1.71 bits per heavy atom. The molecule has 0 aromatic heterocycles. The summed E-state index contributed by atoms with van der Waals surface area (Å²) in [6, 6.07) is 9.10. The lowest BCUT2D eigenvalue weighted by atomic mass is 9.91. The van der Waals surface area contributed by atoms with E-state index in [-0.39, 0.29) is 0 Å². The van der Waals surface area contributed by atoms with Gasteiger partial charge in [-0.1, -0.05) is 17.7 Å². The molecule has 2 aromatic rings. The minimum atomic E-state index is -1.45. The minimum Gasteiger partial charge on any atom is -0.496 e. The summed E-state index contributed by atoms with van der Waals surface area (Å²) in [6.45, 7) is 1.02. The average Bonchev–Trinajstić information content (AvgIpc) is 2.79. The van der Waals surface area contributed by atoms with Crippen molar-refractivity contribution in [1.82, 2.24) is 0 Å². The lowest BCUT2D eigenvalue weighted by Crippen LogP contribution is -2.54. The molecule has 0 aliphatic carbocycles. The molecule has 0 radical (unpaired) electrons. The molecular formula is C22H25ClO8. The maximum atomic E-state index is 10.6. The van der Waals surface area contributed by atoms with E-state index in [0.717, 1.165) is 11.1 Å². The summed E-state index contributed by atoms with van der Waals surface area (Å²) in [5, 5.41) is 31.4. The predicted octanol–water partition coefficient (Wildman–Crippen LogP) is 1.84. The van der Waals surface area contributed by atoms with Gasteiger partial charge in [0.2, 0.25) is 0 Å². The van der Waals surface area contributed by atoms with Crippen LogP contribution in [0.3, 0.4) is 0 Å². The van der Waals surface area contributed by atoms with Crippen LogP contribution in [0, 0.1) is 0 Å². The van der Waals surface area contributed by atoms with Crippen LogP contribution in [0.15, 0.2) is 30.3 Å². The number of halogens is 1. The van der Waals surface area contributed by atoms with Crippen molar-refractivity contribution in [3.05, 3.63) is 52.0 Å². The molecule has 2 aliphatic rings. The van der Waals surface area contributed by atoms with E-state index >= 15 is 0 Å². The molecule has 3 N–H and O–H groups in total. The van der Waals surface area contributed by atoms with E-state index in [0.29, 0.717) is 47.5 Å². The molecule has 0 spiro atoms. The summed E-state index contributed by atoms with van der Waals surface area (Å²) in [6.07, 6.45) is -5.84. The second-order valence-corrected chi connectivity index (χ2v) is 7.88. The van der Waals surface area contributed by atoms with Crippen LogP contribution >= 0.6 is 11.6 Å². The minimum absolute atomic E-state index is 0.387. The highest BCUT2D eigenvalue weighted by molar-refractivity contribution is 6.31. The zero-order valence-electron chi connectivity index (χ0n) is 17.2. The SMILES string of the molecule is COc1cc(Cl)c(Cc2ccc3c(c2)OCCO3)cc1C1OC(OC)C(O)C(O)C1O. The molecule has 2 aromatic carbocycles. The van der Waals surface area contributed by atoms with Gasteiger partial charge in [0.25, 0.3) is 0 Å². The molecule has 1 fully saturated rings. The fraction of sp³-hybridized carbons (Fsp3) is 0.455. The monoisotopic (exact) mass is 452 g/mol. The van der Waals surface area contributed by atoms with Crippen molar-refractivity contribution in [3.8, 4) is 17.2 Å². The van der Waals surface area contributed by atoms with Crippen LogP contribution in [0.4, 0.5) is 0 Å². The Kier molecular flexibility index (Phi) is 6.57. The molecule has 9 heteroatoms. The number of hydrogen-bond acceptors (Lipinski definition) is 8. The van der Waals surface area contributed by atoms with E-state index in [4.69, 9.17) is 35.3 Å². The van der Waals surface area contributed by atoms with Gasteiger partial charge in [-0.05, 0) is 41.8 Å². The third-order valence-electron chi connectivity index (χ3n) is 5.51. The van der Waals surface area contributed by atoms with E-state index in [1.165, 1.54) is 14.2 Å². The van der Waals surface area contributed by atoms with Gasteiger partial charge < -0.3 is 39.0 Å². The molecule has 0 amide bonds. The number of fused-ring (bicyclic) bond motifs is 1. The van der Waals surface area contributed by atoms with Gasteiger partial charge in [-0.3, -0.25) is 0 Å². The fourth-order valence-corrected chi connectivity index (χ4v) is 4.09. The van der Waals surface area contributed by atoms with Crippen LogP contribution in [0.2, 0.25) is 5.02 Å². The largest absolute Gasteiger partial charge is 0.496 e. The fourth-order valence-electron chi connectivity index (χ4n) is 3.87. The Balaban J connectivity index is 1.67. The lowest BCUT2D eigenvalue weighted by Gasteiger charge is -2.40. The van der Waals surface area contributed by atoms with E-state index in [1.807, 2.05) is 18.2 Å². The van der Waals surface area contributed by atoms with Gasteiger partial charge in [-0.2, -0.15) is 0 Å². The lowest BCUT2D eigenvalue weighted by molar-refractivity contribution is -0.292. The van der Waals surface area contributed by atoms with Gasteiger partial charge in [0.05, 0.1) is 7.11 Å². The molecule has 0 bridgehead atoms. The van der Waals surface area contributed by atoms with Crippen LogP contribution < -0.4 is 14.2 Å². The molecule has 0 saturated carbocycles. The van der Waals surface area contributed by atoms with Crippen molar-refractivity contribution in [2.24, 2.45) is 0 Å². The maximum absolute atomic E-state index is 10.6. The number of aliphatic hydroxyl groups is 3. The Morgan fingerprint density at radius 1 is 0.968 bits per heavy atom. The van der Waals surface area contributed by atoms with Gasteiger partial charge in [-0.25, -0.2) is 0 Å². The normalized spacial score (nSPS) is 27.7. The Hall–Kier alpha value is -2.07. The van der Waals surface area contributed by atoms with Crippen molar-refractivity contribution in [3.63, 3.8) is 0 Å². The third kappa shape index (κ3) is 4.32. The zero-order chi connectivity index (χ0) is 22.1. The second kappa shape index (κ2) is 9.20. The first-order valence-electron chi connectivity index (χ1n) is 9.90. The summed E-state index contributed by atoms with van der Waals surface area (Å²) in [4.78, 5) is 0.